The Labute approximate surface area is 101 Å². The summed E-state index contributed by atoms with van der Waals surface area (Å²) >= 11 is 0. The molecule has 0 saturated carbocycles. The molecule has 0 aliphatic heterocycles. The van der Waals surface area contributed by atoms with Crippen LogP contribution in [-0.4, -0.2) is 21.0 Å². The Hall–Kier alpha value is -2.70. The first-order chi connectivity index (χ1) is 8.56. The summed E-state index contributed by atoms with van der Waals surface area (Å²) in [5, 5.41) is 19.1. The number of rotatable bonds is 4. The van der Waals surface area contributed by atoms with Gasteiger partial charge in [0.1, 0.15) is 6.26 Å². The zero-order valence-corrected chi connectivity index (χ0v) is 9.07. The summed E-state index contributed by atoms with van der Waals surface area (Å²) < 4.78 is 5.11. The highest BCUT2D eigenvalue weighted by molar-refractivity contribution is 5.69. The van der Waals surface area contributed by atoms with Gasteiger partial charge in [0.15, 0.2) is 0 Å². The average Bonchev–Trinajstić information content (AvgIpc) is 2.76. The van der Waals surface area contributed by atoms with Crippen molar-refractivity contribution in [1.29, 1.82) is 0 Å². The first kappa shape index (κ1) is 11.8. The van der Waals surface area contributed by atoms with Crippen LogP contribution >= 0.6 is 0 Å². The number of carboxylic acid groups (broad SMARTS) is 1. The zero-order chi connectivity index (χ0) is 13.1. The van der Waals surface area contributed by atoms with Crippen molar-refractivity contribution in [3.8, 4) is 11.5 Å². The van der Waals surface area contributed by atoms with E-state index in [2.05, 4.69) is 4.98 Å². The van der Waals surface area contributed by atoms with Crippen molar-refractivity contribution < 1.29 is 19.2 Å². The van der Waals surface area contributed by atoms with Gasteiger partial charge < -0.3 is 9.52 Å². The minimum atomic E-state index is -1.00. The van der Waals surface area contributed by atoms with E-state index in [0.717, 1.165) is 0 Å². The van der Waals surface area contributed by atoms with Gasteiger partial charge in [0, 0.05) is 17.7 Å². The molecular weight excluding hydrogens is 240 g/mol. The number of aliphatic carboxylic acids is 1. The molecule has 0 radical (unpaired) electrons. The minimum absolute atomic E-state index is 0.0314. The lowest BCUT2D eigenvalue weighted by atomic mass is 10.2. The third kappa shape index (κ3) is 2.51. The number of benzene rings is 1. The number of aromatic nitrogens is 1. The summed E-state index contributed by atoms with van der Waals surface area (Å²) in [5.74, 6) is -0.764. The van der Waals surface area contributed by atoms with Crippen molar-refractivity contribution in [2.75, 3.05) is 0 Å². The number of carbonyl (C=O) groups is 1. The number of oxazole rings is 1. The van der Waals surface area contributed by atoms with E-state index in [9.17, 15) is 14.9 Å². The summed E-state index contributed by atoms with van der Waals surface area (Å²) in [7, 11) is 0. The van der Waals surface area contributed by atoms with E-state index < -0.39 is 10.9 Å². The monoisotopic (exact) mass is 248 g/mol. The molecule has 1 aromatic heterocycles. The van der Waals surface area contributed by atoms with Crippen LogP contribution in [0.2, 0.25) is 0 Å². The Morgan fingerprint density at radius 2 is 2.06 bits per heavy atom. The van der Waals surface area contributed by atoms with Gasteiger partial charge in [-0.2, -0.15) is 0 Å². The number of nitrogens with zero attached hydrogens (tertiary/aromatic N) is 2. The molecule has 0 unspecified atom stereocenters. The van der Waals surface area contributed by atoms with Crippen LogP contribution in [-0.2, 0) is 11.2 Å². The SMILES string of the molecule is O=C(O)Cc1coc(-c2ccc([N+](=O)[O-])cc2)n1. The zero-order valence-electron chi connectivity index (χ0n) is 9.07. The molecule has 1 heterocycles. The van der Waals surface area contributed by atoms with Gasteiger partial charge in [0.05, 0.1) is 17.0 Å². The van der Waals surface area contributed by atoms with E-state index in [-0.39, 0.29) is 18.0 Å². The highest BCUT2D eigenvalue weighted by Crippen LogP contribution is 2.21. The van der Waals surface area contributed by atoms with Gasteiger partial charge in [-0.3, -0.25) is 14.9 Å². The molecule has 0 aliphatic rings. The molecule has 0 atom stereocenters. The van der Waals surface area contributed by atoms with Gasteiger partial charge in [0.25, 0.3) is 5.69 Å². The van der Waals surface area contributed by atoms with Crippen LogP contribution in [0.1, 0.15) is 5.69 Å². The minimum Gasteiger partial charge on any atom is -0.481 e. The first-order valence-corrected chi connectivity index (χ1v) is 4.97. The van der Waals surface area contributed by atoms with E-state index in [1.807, 2.05) is 0 Å². The highest BCUT2D eigenvalue weighted by Gasteiger charge is 2.11. The lowest BCUT2D eigenvalue weighted by Crippen LogP contribution is -1.99. The van der Waals surface area contributed by atoms with E-state index in [1.165, 1.54) is 30.5 Å². The maximum Gasteiger partial charge on any atom is 0.309 e. The number of hydrogen-bond donors (Lipinski definition) is 1. The van der Waals surface area contributed by atoms with Crippen LogP contribution in [0.5, 0.6) is 0 Å². The lowest BCUT2D eigenvalue weighted by molar-refractivity contribution is -0.384. The van der Waals surface area contributed by atoms with Crippen LogP contribution in [0.25, 0.3) is 11.5 Å². The van der Waals surface area contributed by atoms with Crippen molar-refractivity contribution >= 4 is 11.7 Å². The second-order valence-corrected chi connectivity index (χ2v) is 3.52. The fourth-order valence-corrected chi connectivity index (χ4v) is 1.40. The Morgan fingerprint density at radius 1 is 1.39 bits per heavy atom. The van der Waals surface area contributed by atoms with Crippen molar-refractivity contribution in [2.24, 2.45) is 0 Å². The molecule has 1 aromatic carbocycles. The van der Waals surface area contributed by atoms with Crippen molar-refractivity contribution in [1.82, 2.24) is 4.98 Å². The van der Waals surface area contributed by atoms with E-state index in [0.29, 0.717) is 11.3 Å². The molecule has 0 aliphatic carbocycles. The maximum absolute atomic E-state index is 10.5. The van der Waals surface area contributed by atoms with Crippen LogP contribution in [0.3, 0.4) is 0 Å². The van der Waals surface area contributed by atoms with Gasteiger partial charge in [-0.1, -0.05) is 0 Å². The highest BCUT2D eigenvalue weighted by atomic mass is 16.6. The van der Waals surface area contributed by atoms with E-state index in [1.54, 1.807) is 0 Å². The predicted molar refractivity (Wildman–Crippen MR) is 59.9 cm³/mol. The van der Waals surface area contributed by atoms with Crippen LogP contribution in [0.15, 0.2) is 34.9 Å². The molecule has 0 spiro atoms. The molecule has 0 amide bonds. The molecule has 2 aromatic rings. The molecule has 7 heteroatoms. The quantitative estimate of drug-likeness (QED) is 0.653. The number of carboxylic acids is 1. The largest absolute Gasteiger partial charge is 0.481 e. The number of non-ortho nitro benzene ring substituents is 1. The molecule has 0 saturated heterocycles. The first-order valence-electron chi connectivity index (χ1n) is 4.97. The van der Waals surface area contributed by atoms with Crippen LogP contribution in [0.4, 0.5) is 5.69 Å². The fourth-order valence-electron chi connectivity index (χ4n) is 1.40. The second kappa shape index (κ2) is 4.66. The number of nitro benzene ring substituents is 1. The van der Waals surface area contributed by atoms with Crippen LogP contribution < -0.4 is 0 Å². The average molecular weight is 248 g/mol. The smallest absolute Gasteiger partial charge is 0.309 e. The van der Waals surface area contributed by atoms with Gasteiger partial charge in [-0.25, -0.2) is 4.98 Å². The molecule has 1 N–H and O–H groups in total. The molecular formula is C11H8N2O5. The Bertz CT molecular complexity index is 588. The van der Waals surface area contributed by atoms with E-state index >= 15 is 0 Å². The van der Waals surface area contributed by atoms with Crippen molar-refractivity contribution in [3.63, 3.8) is 0 Å². The second-order valence-electron chi connectivity index (χ2n) is 3.52. The molecule has 0 bridgehead atoms. The Kier molecular flexibility index (Phi) is 3.05. The number of nitro groups is 1. The summed E-state index contributed by atoms with van der Waals surface area (Å²) in [5.41, 5.74) is 0.823. The van der Waals surface area contributed by atoms with Crippen molar-refractivity contribution in [3.05, 3.63) is 46.3 Å². The molecule has 7 nitrogen and oxygen atoms in total. The third-order valence-corrected chi connectivity index (χ3v) is 2.21. The van der Waals surface area contributed by atoms with Gasteiger partial charge in [0.2, 0.25) is 5.89 Å². The lowest BCUT2D eigenvalue weighted by Gasteiger charge is -1.94. The Balaban J connectivity index is 2.23. The summed E-state index contributed by atoms with van der Waals surface area (Å²) in [6, 6.07) is 5.65. The van der Waals surface area contributed by atoms with E-state index in [4.69, 9.17) is 9.52 Å². The molecule has 92 valence electrons. The van der Waals surface area contributed by atoms with Crippen molar-refractivity contribution in [2.45, 2.75) is 6.42 Å². The Morgan fingerprint density at radius 3 is 2.61 bits per heavy atom. The summed E-state index contributed by atoms with van der Waals surface area (Å²) in [6.45, 7) is 0. The summed E-state index contributed by atoms with van der Waals surface area (Å²) in [4.78, 5) is 24.4. The van der Waals surface area contributed by atoms with Crippen LogP contribution in [0, 0.1) is 10.1 Å². The topological polar surface area (TPSA) is 106 Å². The van der Waals surface area contributed by atoms with Gasteiger partial charge in [-0.05, 0) is 12.1 Å². The van der Waals surface area contributed by atoms with Gasteiger partial charge in [-0.15, -0.1) is 0 Å². The van der Waals surface area contributed by atoms with Gasteiger partial charge >= 0.3 is 5.97 Å². The molecule has 2 rings (SSSR count). The fraction of sp³-hybridized carbons (Fsp3) is 0.0909. The summed E-state index contributed by atoms with van der Waals surface area (Å²) in [6.07, 6.45) is 1.03. The molecule has 0 fully saturated rings. The number of hydrogen-bond acceptors (Lipinski definition) is 5. The predicted octanol–water partition coefficient (Wildman–Crippen LogP) is 1.88. The third-order valence-electron chi connectivity index (χ3n) is 2.21. The molecule has 18 heavy (non-hydrogen) atoms. The maximum atomic E-state index is 10.5. The normalized spacial score (nSPS) is 10.2. The standard InChI is InChI=1S/C11H8N2O5/c14-10(15)5-8-6-18-11(12-8)7-1-3-9(4-2-7)13(16)17/h1-4,6H,5H2,(H,14,15).